The molecule has 0 saturated carbocycles. The first-order chi connectivity index (χ1) is 12.3. The number of H-pyrrole nitrogens is 1. The van der Waals surface area contributed by atoms with E-state index in [1.807, 2.05) is 6.92 Å². The van der Waals surface area contributed by atoms with Gasteiger partial charge in [0.05, 0.1) is 21.2 Å². The van der Waals surface area contributed by atoms with E-state index in [4.69, 9.17) is 16.0 Å². The van der Waals surface area contributed by atoms with Crippen LogP contribution in [0.1, 0.15) is 35.7 Å². The van der Waals surface area contributed by atoms with E-state index in [9.17, 15) is 9.59 Å². The fourth-order valence-electron chi connectivity index (χ4n) is 2.46. The maximum absolute atomic E-state index is 12.2. The standard InChI is InChI=1S/C18H18ClN3O3S/c1-10(2)9-22-17(19)12(11(3)21-22)7-15-18(24)20-16(26-15)8-13(23)14-5-4-6-25-14/h4-8,10H,9H2,1-3H3,(H,20,24)/b15-7-,16-8-. The van der Waals surface area contributed by atoms with Gasteiger partial charge >= 0.3 is 0 Å². The minimum absolute atomic E-state index is 0.221. The number of hydrogen-bond donors (Lipinski definition) is 1. The van der Waals surface area contributed by atoms with E-state index >= 15 is 0 Å². The Balaban J connectivity index is 2.01. The van der Waals surface area contributed by atoms with E-state index in [1.165, 1.54) is 23.7 Å². The first kappa shape index (κ1) is 18.4. The van der Waals surface area contributed by atoms with Crippen molar-refractivity contribution in [3.8, 4) is 0 Å². The number of Topliss-reactive ketones (excluding diaryl/α,β-unsaturated/α-hetero) is 1. The van der Waals surface area contributed by atoms with Crippen LogP contribution in [0, 0.1) is 12.8 Å². The van der Waals surface area contributed by atoms with Crippen LogP contribution >= 0.6 is 22.9 Å². The van der Waals surface area contributed by atoms with Crippen molar-refractivity contribution in [1.82, 2.24) is 14.8 Å². The molecule has 26 heavy (non-hydrogen) atoms. The van der Waals surface area contributed by atoms with Crippen molar-refractivity contribution in [3.63, 3.8) is 0 Å². The highest BCUT2D eigenvalue weighted by Gasteiger charge is 2.13. The molecule has 1 N–H and O–H groups in total. The summed E-state index contributed by atoms with van der Waals surface area (Å²) in [5.74, 6) is 0.315. The molecule has 8 heteroatoms. The van der Waals surface area contributed by atoms with Crippen LogP contribution in [0.15, 0.2) is 27.6 Å². The van der Waals surface area contributed by atoms with E-state index in [2.05, 4.69) is 23.9 Å². The van der Waals surface area contributed by atoms with E-state index in [-0.39, 0.29) is 17.1 Å². The third-order valence-electron chi connectivity index (χ3n) is 3.63. The predicted molar refractivity (Wildman–Crippen MR) is 102 cm³/mol. The van der Waals surface area contributed by atoms with Crippen LogP contribution in [0.5, 0.6) is 0 Å². The molecule has 3 aromatic heterocycles. The minimum Gasteiger partial charge on any atom is -0.461 e. The number of aromatic amines is 1. The van der Waals surface area contributed by atoms with Gasteiger partial charge in [0.25, 0.3) is 5.56 Å². The smallest absolute Gasteiger partial charge is 0.266 e. The van der Waals surface area contributed by atoms with Crippen LogP contribution in [0.4, 0.5) is 0 Å². The molecule has 0 fully saturated rings. The monoisotopic (exact) mass is 391 g/mol. The Morgan fingerprint density at radius 1 is 1.50 bits per heavy atom. The van der Waals surface area contributed by atoms with E-state index in [1.54, 1.807) is 22.9 Å². The number of rotatable bonds is 5. The lowest BCUT2D eigenvalue weighted by atomic mass is 10.2. The van der Waals surface area contributed by atoms with Crippen molar-refractivity contribution in [1.29, 1.82) is 0 Å². The Kier molecular flexibility index (Phi) is 5.29. The first-order valence-corrected chi connectivity index (χ1v) is 9.28. The zero-order chi connectivity index (χ0) is 18.8. The summed E-state index contributed by atoms with van der Waals surface area (Å²) in [7, 11) is 0. The van der Waals surface area contributed by atoms with Crippen LogP contribution in [0.3, 0.4) is 0 Å². The van der Waals surface area contributed by atoms with E-state index < -0.39 is 0 Å². The molecule has 0 amide bonds. The third kappa shape index (κ3) is 3.89. The summed E-state index contributed by atoms with van der Waals surface area (Å²) in [5, 5.41) is 4.94. The summed E-state index contributed by atoms with van der Waals surface area (Å²) >= 11 is 7.61. The summed E-state index contributed by atoms with van der Waals surface area (Å²) < 4.78 is 7.71. The molecule has 0 spiro atoms. The summed E-state index contributed by atoms with van der Waals surface area (Å²) in [6.07, 6.45) is 4.48. The van der Waals surface area contributed by atoms with E-state index in [0.29, 0.717) is 32.4 Å². The van der Waals surface area contributed by atoms with Crippen LogP contribution in [-0.2, 0) is 6.54 Å². The molecule has 3 rings (SSSR count). The normalized spacial score (nSPS) is 13.1. The number of furan rings is 1. The van der Waals surface area contributed by atoms with Gasteiger partial charge in [0.15, 0.2) is 5.76 Å². The number of ketones is 1. The number of nitrogens with zero attached hydrogens (tertiary/aromatic N) is 2. The lowest BCUT2D eigenvalue weighted by Gasteiger charge is -2.05. The highest BCUT2D eigenvalue weighted by atomic mass is 35.5. The quantitative estimate of drug-likeness (QED) is 0.677. The Morgan fingerprint density at radius 2 is 2.27 bits per heavy atom. The highest BCUT2D eigenvalue weighted by molar-refractivity contribution is 7.07. The number of halogens is 1. The van der Waals surface area contributed by atoms with Crippen molar-refractivity contribution in [2.45, 2.75) is 27.3 Å². The number of aryl methyl sites for hydroxylation is 1. The zero-order valence-electron chi connectivity index (χ0n) is 14.6. The maximum Gasteiger partial charge on any atom is 0.266 e. The van der Waals surface area contributed by atoms with Crippen LogP contribution in [-0.4, -0.2) is 20.5 Å². The lowest BCUT2D eigenvalue weighted by molar-refractivity contribution is 0.103. The van der Waals surface area contributed by atoms with Crippen LogP contribution < -0.4 is 14.8 Å². The molecule has 136 valence electrons. The SMILES string of the molecule is Cc1nn(CC(C)C)c(Cl)c1/C=c1\s/c(=C\C(=O)c2ccco2)[nH]c1=O. The fraction of sp³-hybridized carbons (Fsp3) is 0.278. The fourth-order valence-corrected chi connectivity index (χ4v) is 3.63. The molecular formula is C18H18ClN3O3S. The molecule has 0 atom stereocenters. The van der Waals surface area contributed by atoms with Gasteiger partial charge in [0.2, 0.25) is 5.78 Å². The lowest BCUT2D eigenvalue weighted by Crippen LogP contribution is -2.20. The largest absolute Gasteiger partial charge is 0.461 e. The van der Waals surface area contributed by atoms with Crippen molar-refractivity contribution in [2.75, 3.05) is 0 Å². The molecule has 3 heterocycles. The van der Waals surface area contributed by atoms with Crippen molar-refractivity contribution in [3.05, 3.63) is 60.1 Å². The van der Waals surface area contributed by atoms with Gasteiger partial charge < -0.3 is 9.40 Å². The summed E-state index contributed by atoms with van der Waals surface area (Å²) in [4.78, 5) is 27.0. The van der Waals surface area contributed by atoms with E-state index in [0.717, 1.165) is 5.69 Å². The van der Waals surface area contributed by atoms with Gasteiger partial charge in [-0.15, -0.1) is 11.3 Å². The Morgan fingerprint density at radius 3 is 2.92 bits per heavy atom. The maximum atomic E-state index is 12.2. The summed E-state index contributed by atoms with van der Waals surface area (Å²) in [6, 6.07) is 3.21. The van der Waals surface area contributed by atoms with Gasteiger partial charge in [0.1, 0.15) is 5.15 Å². The van der Waals surface area contributed by atoms with Crippen molar-refractivity contribution in [2.24, 2.45) is 5.92 Å². The Bertz CT molecular complexity index is 1100. The van der Waals surface area contributed by atoms with Gasteiger partial charge in [0, 0.05) is 18.2 Å². The zero-order valence-corrected chi connectivity index (χ0v) is 16.1. The van der Waals surface area contributed by atoms with Gasteiger partial charge in [-0.05, 0) is 31.1 Å². The molecule has 6 nitrogen and oxygen atoms in total. The molecule has 0 aliphatic carbocycles. The highest BCUT2D eigenvalue weighted by Crippen LogP contribution is 2.21. The molecule has 0 unspecified atom stereocenters. The summed E-state index contributed by atoms with van der Waals surface area (Å²) in [6.45, 7) is 6.71. The molecule has 0 aliphatic rings. The van der Waals surface area contributed by atoms with Crippen LogP contribution in [0.25, 0.3) is 12.2 Å². The number of thiazole rings is 1. The Labute approximate surface area is 158 Å². The number of hydrogen-bond acceptors (Lipinski definition) is 5. The van der Waals surface area contributed by atoms with Crippen molar-refractivity contribution < 1.29 is 9.21 Å². The van der Waals surface area contributed by atoms with Crippen LogP contribution in [0.2, 0.25) is 5.15 Å². The topological polar surface area (TPSA) is 80.9 Å². The van der Waals surface area contributed by atoms with Gasteiger partial charge in [-0.25, -0.2) is 0 Å². The second kappa shape index (κ2) is 7.47. The first-order valence-electron chi connectivity index (χ1n) is 8.08. The molecule has 3 aromatic rings. The number of aromatic nitrogens is 3. The predicted octanol–water partition coefficient (Wildman–Crippen LogP) is 2.34. The second-order valence-corrected chi connectivity index (χ2v) is 7.72. The number of carbonyl (C=O) groups excluding carboxylic acids is 1. The average Bonchev–Trinajstić information content (AvgIpc) is 3.25. The van der Waals surface area contributed by atoms with Gasteiger partial charge in [-0.1, -0.05) is 25.4 Å². The molecular weight excluding hydrogens is 374 g/mol. The summed E-state index contributed by atoms with van der Waals surface area (Å²) in [5.41, 5.74) is 1.18. The van der Waals surface area contributed by atoms with Gasteiger partial charge in [-0.3, -0.25) is 14.3 Å². The second-order valence-electron chi connectivity index (χ2n) is 6.28. The molecule has 0 aromatic carbocycles. The number of carbonyl (C=O) groups is 1. The molecule has 0 bridgehead atoms. The Hall–Kier alpha value is -2.38. The molecule has 0 saturated heterocycles. The minimum atomic E-state index is -0.307. The van der Waals surface area contributed by atoms with Gasteiger partial charge in [-0.2, -0.15) is 5.10 Å². The van der Waals surface area contributed by atoms with Crippen molar-refractivity contribution >= 4 is 40.9 Å². The number of nitrogens with one attached hydrogen (secondary N) is 1. The third-order valence-corrected chi connectivity index (χ3v) is 4.99. The molecule has 0 radical (unpaired) electrons. The average molecular weight is 392 g/mol. The molecule has 0 aliphatic heterocycles.